The first-order chi connectivity index (χ1) is 13.6. The summed E-state index contributed by atoms with van der Waals surface area (Å²) in [7, 11) is 0. The molecule has 1 aromatic heterocycles. The third-order valence-electron chi connectivity index (χ3n) is 4.81. The predicted octanol–water partition coefficient (Wildman–Crippen LogP) is 3.64. The number of aromatic nitrogens is 3. The van der Waals surface area contributed by atoms with Crippen LogP contribution in [0.15, 0.2) is 35.5 Å². The highest BCUT2D eigenvalue weighted by Gasteiger charge is 2.25. The van der Waals surface area contributed by atoms with E-state index in [2.05, 4.69) is 15.7 Å². The number of benzene rings is 1. The molecule has 1 aliphatic carbocycles. The zero-order valence-corrected chi connectivity index (χ0v) is 17.2. The minimum Gasteiger partial charge on any atom is -0.338 e. The van der Waals surface area contributed by atoms with E-state index < -0.39 is 11.3 Å². The second-order valence-electron chi connectivity index (χ2n) is 6.94. The van der Waals surface area contributed by atoms with E-state index >= 15 is 0 Å². The van der Waals surface area contributed by atoms with Gasteiger partial charge in [0, 0.05) is 12.5 Å². The van der Waals surface area contributed by atoms with Crippen LogP contribution >= 0.6 is 11.8 Å². The van der Waals surface area contributed by atoms with Crippen LogP contribution < -0.4 is 10.6 Å². The van der Waals surface area contributed by atoms with Crippen LogP contribution in [0.2, 0.25) is 0 Å². The molecule has 2 aromatic rings. The maximum absolute atomic E-state index is 12.2. The quantitative estimate of drug-likeness (QED) is 0.722. The molecule has 0 bridgehead atoms. The van der Waals surface area contributed by atoms with Gasteiger partial charge < -0.3 is 5.32 Å². The molecule has 150 valence electrons. The second kappa shape index (κ2) is 9.73. The van der Waals surface area contributed by atoms with Crippen LogP contribution in [0, 0.1) is 0 Å². The highest BCUT2D eigenvalue weighted by atomic mass is 32.2. The molecule has 0 spiro atoms. The maximum atomic E-state index is 12.2. The minimum absolute atomic E-state index is 0.355. The first-order valence-corrected chi connectivity index (χ1v) is 10.7. The Bertz CT molecular complexity index is 802. The molecule has 1 aliphatic rings. The van der Waals surface area contributed by atoms with Crippen molar-refractivity contribution in [2.75, 3.05) is 6.54 Å². The van der Waals surface area contributed by atoms with Gasteiger partial charge in [0.1, 0.15) is 5.82 Å². The van der Waals surface area contributed by atoms with Crippen LogP contribution in [-0.2, 0) is 4.79 Å². The molecule has 8 heteroatoms. The fourth-order valence-electron chi connectivity index (χ4n) is 3.37. The van der Waals surface area contributed by atoms with Gasteiger partial charge >= 0.3 is 6.03 Å². The summed E-state index contributed by atoms with van der Waals surface area (Å²) < 4.78 is 1.91. The minimum atomic E-state index is -0.481. The third kappa shape index (κ3) is 5.13. The van der Waals surface area contributed by atoms with E-state index in [1.54, 1.807) is 13.8 Å². The number of nitrogens with zero attached hydrogens (tertiary/aromatic N) is 3. The zero-order chi connectivity index (χ0) is 19.9. The molecule has 0 saturated heterocycles. The summed E-state index contributed by atoms with van der Waals surface area (Å²) in [4.78, 5) is 28.6. The summed E-state index contributed by atoms with van der Waals surface area (Å²) in [5.41, 5.74) is 0.974. The lowest BCUT2D eigenvalue weighted by molar-refractivity contribution is -0.119. The van der Waals surface area contributed by atoms with Crippen molar-refractivity contribution < 1.29 is 9.59 Å². The Labute approximate surface area is 169 Å². The molecule has 3 amide bonds. The Morgan fingerprint density at radius 1 is 1.21 bits per heavy atom. The molecule has 1 atom stereocenters. The number of nitrogens with one attached hydrogen (secondary N) is 2. The summed E-state index contributed by atoms with van der Waals surface area (Å²) >= 11 is 1.27. The molecule has 0 aliphatic heterocycles. The average Bonchev–Trinajstić information content (AvgIpc) is 3.13. The average molecular weight is 402 g/mol. The van der Waals surface area contributed by atoms with Gasteiger partial charge in [-0.15, -0.1) is 5.10 Å². The molecule has 7 nitrogen and oxygen atoms in total. The van der Waals surface area contributed by atoms with Crippen molar-refractivity contribution in [3.63, 3.8) is 0 Å². The molecular formula is C20H27N5O2S. The van der Waals surface area contributed by atoms with Crippen LogP contribution in [0.25, 0.3) is 5.69 Å². The Morgan fingerprint density at radius 3 is 2.61 bits per heavy atom. The number of hydrogen-bond acceptors (Lipinski definition) is 5. The van der Waals surface area contributed by atoms with Crippen molar-refractivity contribution >= 4 is 23.7 Å². The molecule has 1 aromatic carbocycles. The summed E-state index contributed by atoms with van der Waals surface area (Å²) in [5.74, 6) is 0.992. The fourth-order valence-corrected chi connectivity index (χ4v) is 4.13. The second-order valence-corrected chi connectivity index (χ2v) is 8.25. The third-order valence-corrected chi connectivity index (χ3v) is 5.76. The highest BCUT2D eigenvalue weighted by molar-refractivity contribution is 8.00. The van der Waals surface area contributed by atoms with Crippen molar-refractivity contribution in [1.82, 2.24) is 25.4 Å². The van der Waals surface area contributed by atoms with E-state index in [-0.39, 0.29) is 5.91 Å². The molecule has 0 unspecified atom stereocenters. The molecular weight excluding hydrogens is 374 g/mol. The van der Waals surface area contributed by atoms with Crippen molar-refractivity contribution in [2.24, 2.45) is 0 Å². The Kier molecular flexibility index (Phi) is 7.08. The lowest BCUT2D eigenvalue weighted by atomic mass is 9.88. The van der Waals surface area contributed by atoms with Crippen LogP contribution in [0.4, 0.5) is 4.79 Å². The van der Waals surface area contributed by atoms with Gasteiger partial charge in [-0.3, -0.25) is 10.1 Å². The Morgan fingerprint density at radius 2 is 1.93 bits per heavy atom. The van der Waals surface area contributed by atoms with Crippen molar-refractivity contribution in [3.8, 4) is 5.69 Å². The monoisotopic (exact) mass is 401 g/mol. The van der Waals surface area contributed by atoms with E-state index in [1.165, 1.54) is 31.0 Å². The van der Waals surface area contributed by atoms with Gasteiger partial charge in [0.05, 0.1) is 10.9 Å². The van der Waals surface area contributed by atoms with Crippen LogP contribution in [-0.4, -0.2) is 38.5 Å². The number of thioether (sulfide) groups is 1. The zero-order valence-electron chi connectivity index (χ0n) is 16.4. The summed E-state index contributed by atoms with van der Waals surface area (Å²) in [5, 5.41) is 9.66. The summed E-state index contributed by atoms with van der Waals surface area (Å²) in [6.07, 6.45) is 5.92. The van der Waals surface area contributed by atoms with Crippen molar-refractivity contribution in [2.45, 2.75) is 62.3 Å². The topological polar surface area (TPSA) is 88.9 Å². The number of hydrogen-bond donors (Lipinski definition) is 2. The van der Waals surface area contributed by atoms with Crippen LogP contribution in [0.3, 0.4) is 0 Å². The molecule has 1 saturated carbocycles. The van der Waals surface area contributed by atoms with Crippen molar-refractivity contribution in [3.05, 3.63) is 36.2 Å². The van der Waals surface area contributed by atoms with Crippen LogP contribution in [0.5, 0.6) is 0 Å². The van der Waals surface area contributed by atoms with E-state index in [0.29, 0.717) is 17.6 Å². The molecule has 0 radical (unpaired) electrons. The molecule has 28 heavy (non-hydrogen) atoms. The van der Waals surface area contributed by atoms with Gasteiger partial charge in [-0.1, -0.05) is 49.2 Å². The normalized spacial score (nSPS) is 15.8. The number of imide groups is 1. The van der Waals surface area contributed by atoms with Crippen LogP contribution in [0.1, 0.15) is 57.7 Å². The largest absolute Gasteiger partial charge is 0.338 e. The van der Waals surface area contributed by atoms with E-state index in [1.807, 2.05) is 35.0 Å². The molecule has 2 N–H and O–H groups in total. The van der Waals surface area contributed by atoms with Gasteiger partial charge in [0.15, 0.2) is 0 Å². The van der Waals surface area contributed by atoms with Gasteiger partial charge in [-0.25, -0.2) is 14.5 Å². The molecule has 1 fully saturated rings. The number of rotatable bonds is 6. The van der Waals surface area contributed by atoms with Gasteiger partial charge in [0.25, 0.3) is 0 Å². The number of carbonyl (C=O) groups excluding carboxylic acids is 2. The number of urea groups is 1. The van der Waals surface area contributed by atoms with E-state index in [9.17, 15) is 9.59 Å². The number of para-hydroxylation sites is 1. The lowest BCUT2D eigenvalue weighted by Crippen LogP contribution is -2.42. The smallest absolute Gasteiger partial charge is 0.321 e. The Balaban J connectivity index is 1.79. The SMILES string of the molecule is CCNC(=O)NC(=O)[C@@H](C)Sc1nc(C2CCCCC2)n(-c2ccccc2)n1. The number of amides is 3. The fraction of sp³-hybridized carbons (Fsp3) is 0.500. The van der Waals surface area contributed by atoms with E-state index in [4.69, 9.17) is 4.98 Å². The molecule has 1 heterocycles. The maximum Gasteiger partial charge on any atom is 0.321 e. The summed E-state index contributed by atoms with van der Waals surface area (Å²) in [6, 6.07) is 9.49. The van der Waals surface area contributed by atoms with Crippen molar-refractivity contribution in [1.29, 1.82) is 0 Å². The van der Waals surface area contributed by atoms with Gasteiger partial charge in [-0.05, 0) is 38.8 Å². The highest BCUT2D eigenvalue weighted by Crippen LogP contribution is 2.34. The standard InChI is InChI=1S/C20H27N5O2S/c1-3-21-19(27)23-18(26)14(2)28-20-22-17(15-10-6-4-7-11-15)25(24-20)16-12-8-5-9-13-16/h5,8-9,12-15H,3-4,6-7,10-11H2,1-2H3,(H2,21,23,26,27)/t14-/m1/s1. The van der Waals surface area contributed by atoms with Gasteiger partial charge in [0.2, 0.25) is 11.1 Å². The van der Waals surface area contributed by atoms with E-state index in [0.717, 1.165) is 24.4 Å². The first kappa shape index (κ1) is 20.4. The predicted molar refractivity (Wildman–Crippen MR) is 110 cm³/mol. The lowest BCUT2D eigenvalue weighted by Gasteiger charge is -2.21. The van der Waals surface area contributed by atoms with Gasteiger partial charge in [-0.2, -0.15) is 0 Å². The summed E-state index contributed by atoms with van der Waals surface area (Å²) in [6.45, 7) is 4.02. The number of carbonyl (C=O) groups is 2. The molecule has 3 rings (SSSR count). The first-order valence-electron chi connectivity index (χ1n) is 9.86. The Hall–Kier alpha value is -2.35.